The van der Waals surface area contributed by atoms with E-state index in [2.05, 4.69) is 38.5 Å². The minimum absolute atomic E-state index is 0.230. The van der Waals surface area contributed by atoms with Gasteiger partial charge in [0.15, 0.2) is 11.5 Å². The van der Waals surface area contributed by atoms with Crippen molar-refractivity contribution < 1.29 is 19.1 Å². The van der Waals surface area contributed by atoms with E-state index in [9.17, 15) is 9.59 Å². The summed E-state index contributed by atoms with van der Waals surface area (Å²) in [6, 6.07) is 18.7. The van der Waals surface area contributed by atoms with Crippen LogP contribution in [0.2, 0.25) is 5.02 Å². The maximum absolute atomic E-state index is 12.9. The first kappa shape index (κ1) is 25.1. The fraction of sp³-hybridized carbons (Fsp3) is 0.120. The van der Waals surface area contributed by atoms with Gasteiger partial charge in [-0.05, 0) is 93.5 Å². The van der Waals surface area contributed by atoms with Gasteiger partial charge >= 0.3 is 0 Å². The summed E-state index contributed by atoms with van der Waals surface area (Å²) < 4.78 is 13.3. The van der Waals surface area contributed by atoms with Gasteiger partial charge in [-0.1, -0.05) is 51.8 Å². The smallest absolute Gasteiger partial charge is 0.293 e. The van der Waals surface area contributed by atoms with Crippen molar-refractivity contribution >= 4 is 79.1 Å². The quantitative estimate of drug-likeness (QED) is 0.192. The summed E-state index contributed by atoms with van der Waals surface area (Å²) in [5, 5.41) is 0.380. The Bertz CT molecular complexity index is 1270. The van der Waals surface area contributed by atoms with Crippen molar-refractivity contribution in [2.24, 2.45) is 0 Å². The van der Waals surface area contributed by atoms with Crippen LogP contribution in [-0.4, -0.2) is 23.2 Å². The fourth-order valence-corrected chi connectivity index (χ4v) is 5.27. The maximum atomic E-state index is 12.9. The molecule has 3 aromatic rings. The van der Waals surface area contributed by atoms with E-state index in [4.69, 9.17) is 21.1 Å². The van der Waals surface area contributed by atoms with Gasteiger partial charge in [0, 0.05) is 9.50 Å². The number of ether oxygens (including phenoxy) is 2. The number of imide groups is 1. The maximum Gasteiger partial charge on any atom is 0.293 e. The standard InChI is InChI=1S/C25H18BrClINO4S/c1-32-21-11-17(10-20(28)23(21)33-14-16-4-8-19(27)9-5-16)12-22-24(30)29(25(31)34-22)13-15-2-6-18(26)7-3-15/h2-12H,13-14H2,1H3/b22-12-. The molecule has 174 valence electrons. The van der Waals surface area contributed by atoms with Crippen molar-refractivity contribution in [2.75, 3.05) is 7.11 Å². The lowest BCUT2D eigenvalue weighted by molar-refractivity contribution is -0.123. The van der Waals surface area contributed by atoms with E-state index in [1.165, 1.54) is 4.90 Å². The zero-order valence-corrected chi connectivity index (χ0v) is 23.2. The molecule has 0 saturated carbocycles. The van der Waals surface area contributed by atoms with Gasteiger partial charge in [-0.2, -0.15) is 0 Å². The Kier molecular flexibility index (Phi) is 8.23. The molecule has 1 heterocycles. The van der Waals surface area contributed by atoms with Crippen molar-refractivity contribution in [3.05, 3.63) is 95.3 Å². The summed E-state index contributed by atoms with van der Waals surface area (Å²) >= 11 is 12.4. The highest BCUT2D eigenvalue weighted by Gasteiger charge is 2.35. The molecule has 1 saturated heterocycles. The van der Waals surface area contributed by atoms with Crippen LogP contribution in [0.5, 0.6) is 11.5 Å². The highest BCUT2D eigenvalue weighted by Crippen LogP contribution is 2.38. The van der Waals surface area contributed by atoms with Crippen LogP contribution in [0, 0.1) is 3.57 Å². The molecule has 1 aliphatic heterocycles. The topological polar surface area (TPSA) is 55.8 Å². The number of benzene rings is 3. The number of methoxy groups -OCH3 is 1. The zero-order valence-electron chi connectivity index (χ0n) is 17.9. The van der Waals surface area contributed by atoms with Gasteiger partial charge in [0.1, 0.15) is 6.61 Å². The number of rotatable bonds is 7. The highest BCUT2D eigenvalue weighted by atomic mass is 127. The molecule has 0 unspecified atom stereocenters. The van der Waals surface area contributed by atoms with E-state index >= 15 is 0 Å². The molecule has 3 aromatic carbocycles. The first-order chi connectivity index (χ1) is 16.3. The third-order valence-electron chi connectivity index (χ3n) is 4.97. The van der Waals surface area contributed by atoms with Crippen LogP contribution in [0.25, 0.3) is 6.08 Å². The lowest BCUT2D eigenvalue weighted by atomic mass is 10.1. The van der Waals surface area contributed by atoms with E-state index in [0.717, 1.165) is 36.5 Å². The number of hydrogen-bond donors (Lipinski definition) is 0. The Morgan fingerprint density at radius 2 is 1.74 bits per heavy atom. The van der Waals surface area contributed by atoms with E-state index in [1.807, 2.05) is 54.6 Å². The number of halogens is 3. The second kappa shape index (κ2) is 11.2. The average Bonchev–Trinajstić information content (AvgIpc) is 3.07. The van der Waals surface area contributed by atoms with Gasteiger partial charge in [0.2, 0.25) is 0 Å². The Morgan fingerprint density at radius 3 is 2.41 bits per heavy atom. The molecule has 2 amide bonds. The molecule has 9 heteroatoms. The molecule has 0 N–H and O–H groups in total. The number of thioether (sulfide) groups is 1. The molecule has 0 atom stereocenters. The molecule has 1 fully saturated rings. The normalized spacial score (nSPS) is 14.7. The van der Waals surface area contributed by atoms with Gasteiger partial charge in [0.05, 0.1) is 22.1 Å². The zero-order chi connectivity index (χ0) is 24.2. The monoisotopic (exact) mass is 669 g/mol. The average molecular weight is 671 g/mol. The molecule has 0 aromatic heterocycles. The number of carbonyl (C=O) groups excluding carboxylic acids is 2. The summed E-state index contributed by atoms with van der Waals surface area (Å²) in [5.41, 5.74) is 2.60. The summed E-state index contributed by atoms with van der Waals surface area (Å²) in [6.07, 6.45) is 1.71. The van der Waals surface area contributed by atoms with Gasteiger partial charge in [0.25, 0.3) is 11.1 Å². The van der Waals surface area contributed by atoms with E-state index < -0.39 is 0 Å². The highest BCUT2D eigenvalue weighted by molar-refractivity contribution is 14.1. The van der Waals surface area contributed by atoms with Crippen LogP contribution in [0.15, 0.2) is 70.0 Å². The lowest BCUT2D eigenvalue weighted by Gasteiger charge is -2.14. The third kappa shape index (κ3) is 5.97. The molecule has 0 spiro atoms. The van der Waals surface area contributed by atoms with Gasteiger partial charge in [-0.3, -0.25) is 14.5 Å². The van der Waals surface area contributed by atoms with Gasteiger partial charge < -0.3 is 9.47 Å². The van der Waals surface area contributed by atoms with Gasteiger partial charge in [-0.15, -0.1) is 0 Å². The second-order valence-electron chi connectivity index (χ2n) is 7.34. The van der Waals surface area contributed by atoms with Crippen molar-refractivity contribution in [3.63, 3.8) is 0 Å². The predicted molar refractivity (Wildman–Crippen MR) is 147 cm³/mol. The van der Waals surface area contributed by atoms with Crippen LogP contribution in [0.1, 0.15) is 16.7 Å². The van der Waals surface area contributed by atoms with Crippen molar-refractivity contribution in [2.45, 2.75) is 13.2 Å². The number of amides is 2. The second-order valence-corrected chi connectivity index (χ2v) is 10.9. The molecule has 0 bridgehead atoms. The molecule has 1 aliphatic rings. The Labute approximate surface area is 228 Å². The predicted octanol–water partition coefficient (Wildman–Crippen LogP) is 7.53. The largest absolute Gasteiger partial charge is 0.493 e. The molecule has 0 radical (unpaired) electrons. The van der Waals surface area contributed by atoms with Crippen LogP contribution >= 0.6 is 61.9 Å². The minimum Gasteiger partial charge on any atom is -0.493 e. The van der Waals surface area contributed by atoms with Crippen LogP contribution < -0.4 is 9.47 Å². The molecule has 0 aliphatic carbocycles. The van der Waals surface area contributed by atoms with Gasteiger partial charge in [-0.25, -0.2) is 0 Å². The minimum atomic E-state index is -0.310. The van der Waals surface area contributed by atoms with Crippen molar-refractivity contribution in [1.82, 2.24) is 4.90 Å². The Balaban J connectivity index is 1.52. The molecular formula is C25H18BrClINO4S. The molecular weight excluding hydrogens is 653 g/mol. The SMILES string of the molecule is COc1cc(/C=C2\SC(=O)N(Cc3ccc(Br)cc3)C2=O)cc(I)c1OCc1ccc(Cl)cc1. The third-order valence-corrected chi connectivity index (χ3v) is 7.46. The summed E-state index contributed by atoms with van der Waals surface area (Å²) in [6.45, 7) is 0.589. The van der Waals surface area contributed by atoms with Crippen LogP contribution in [0.4, 0.5) is 4.79 Å². The first-order valence-corrected chi connectivity index (χ1v) is 13.2. The molecule has 4 rings (SSSR count). The van der Waals surface area contributed by atoms with Crippen molar-refractivity contribution in [3.8, 4) is 11.5 Å². The Hall–Kier alpha value is -2.01. The Morgan fingerprint density at radius 1 is 1.06 bits per heavy atom. The number of hydrogen-bond acceptors (Lipinski definition) is 5. The van der Waals surface area contributed by atoms with Crippen molar-refractivity contribution in [1.29, 1.82) is 0 Å². The number of carbonyl (C=O) groups is 2. The summed E-state index contributed by atoms with van der Waals surface area (Å²) in [7, 11) is 1.57. The van der Waals surface area contributed by atoms with Crippen LogP contribution in [-0.2, 0) is 17.9 Å². The van der Waals surface area contributed by atoms with E-state index in [1.54, 1.807) is 19.3 Å². The molecule has 5 nitrogen and oxygen atoms in total. The lowest BCUT2D eigenvalue weighted by Crippen LogP contribution is -2.27. The fourth-order valence-electron chi connectivity index (χ4n) is 3.26. The number of nitrogens with zero attached hydrogens (tertiary/aromatic N) is 1. The van der Waals surface area contributed by atoms with E-state index in [-0.39, 0.29) is 17.7 Å². The van der Waals surface area contributed by atoms with Crippen LogP contribution in [0.3, 0.4) is 0 Å². The summed E-state index contributed by atoms with van der Waals surface area (Å²) in [5.74, 6) is 0.842. The van der Waals surface area contributed by atoms with E-state index in [0.29, 0.717) is 28.0 Å². The summed E-state index contributed by atoms with van der Waals surface area (Å²) in [4.78, 5) is 27.1. The molecule has 34 heavy (non-hydrogen) atoms. The first-order valence-electron chi connectivity index (χ1n) is 10.1.